The van der Waals surface area contributed by atoms with Gasteiger partial charge in [-0.15, -0.1) is 0 Å². The van der Waals surface area contributed by atoms with Crippen LogP contribution in [0.5, 0.6) is 0 Å². The molecule has 0 fully saturated rings. The molecule has 0 saturated heterocycles. The Morgan fingerprint density at radius 2 is 2.24 bits per heavy atom. The summed E-state index contributed by atoms with van der Waals surface area (Å²) in [5.41, 5.74) is 1.47. The Balaban J connectivity index is 2.42. The molecule has 1 aromatic rings. The quantitative estimate of drug-likeness (QED) is 0.722. The lowest BCUT2D eigenvalue weighted by Crippen LogP contribution is -2.35. The van der Waals surface area contributed by atoms with Gasteiger partial charge in [-0.05, 0) is 33.2 Å². The normalized spacial score (nSPS) is 12.8. The molecule has 5 heteroatoms. The predicted octanol–water partition coefficient (Wildman–Crippen LogP) is 0.841. The van der Waals surface area contributed by atoms with Crippen molar-refractivity contribution in [2.24, 2.45) is 0 Å². The molecule has 96 valence electrons. The summed E-state index contributed by atoms with van der Waals surface area (Å²) in [6, 6.07) is 4.02. The van der Waals surface area contributed by atoms with Crippen LogP contribution in [0.4, 0.5) is 0 Å². The van der Waals surface area contributed by atoms with Gasteiger partial charge >= 0.3 is 5.97 Å². The van der Waals surface area contributed by atoms with Gasteiger partial charge in [0, 0.05) is 24.8 Å². The SMILES string of the molecule is COC(=O)c1ccc(CNC(C)CN(C)C)[nH]1. The van der Waals surface area contributed by atoms with Gasteiger partial charge in [-0.25, -0.2) is 4.79 Å². The highest BCUT2D eigenvalue weighted by atomic mass is 16.5. The number of rotatable bonds is 6. The van der Waals surface area contributed by atoms with E-state index < -0.39 is 0 Å². The van der Waals surface area contributed by atoms with Crippen molar-refractivity contribution < 1.29 is 9.53 Å². The summed E-state index contributed by atoms with van der Waals surface area (Å²) in [7, 11) is 5.46. The molecule has 0 aliphatic carbocycles. The Morgan fingerprint density at radius 1 is 1.53 bits per heavy atom. The van der Waals surface area contributed by atoms with E-state index in [2.05, 4.69) is 26.9 Å². The Labute approximate surface area is 102 Å². The van der Waals surface area contributed by atoms with Gasteiger partial charge in [-0.2, -0.15) is 0 Å². The van der Waals surface area contributed by atoms with Gasteiger partial charge in [-0.3, -0.25) is 0 Å². The van der Waals surface area contributed by atoms with Crippen LogP contribution in [0.1, 0.15) is 23.1 Å². The molecule has 5 nitrogen and oxygen atoms in total. The Bertz CT molecular complexity index is 360. The van der Waals surface area contributed by atoms with Crippen LogP contribution in [-0.2, 0) is 11.3 Å². The third-order valence-corrected chi connectivity index (χ3v) is 2.43. The zero-order valence-corrected chi connectivity index (χ0v) is 10.9. The van der Waals surface area contributed by atoms with Crippen LogP contribution in [0.3, 0.4) is 0 Å². The standard InChI is InChI=1S/C12H21N3O2/c1-9(8-15(2)3)13-7-10-5-6-11(14-10)12(16)17-4/h5-6,9,13-14H,7-8H2,1-4H3. The number of aromatic amines is 1. The summed E-state index contributed by atoms with van der Waals surface area (Å²) in [4.78, 5) is 16.4. The van der Waals surface area contributed by atoms with E-state index in [9.17, 15) is 4.79 Å². The lowest BCUT2D eigenvalue weighted by atomic mass is 10.3. The van der Waals surface area contributed by atoms with Gasteiger partial charge in [0.25, 0.3) is 0 Å². The molecule has 2 N–H and O–H groups in total. The topological polar surface area (TPSA) is 57.4 Å². The van der Waals surface area contributed by atoms with Gasteiger partial charge in [0.05, 0.1) is 7.11 Å². The summed E-state index contributed by atoms with van der Waals surface area (Å²) in [5, 5.41) is 3.38. The molecule has 0 radical (unpaired) electrons. The number of nitrogens with one attached hydrogen (secondary N) is 2. The van der Waals surface area contributed by atoms with Crippen LogP contribution in [0, 0.1) is 0 Å². The van der Waals surface area contributed by atoms with Gasteiger partial charge < -0.3 is 19.9 Å². The maximum absolute atomic E-state index is 11.2. The van der Waals surface area contributed by atoms with Crippen molar-refractivity contribution in [1.82, 2.24) is 15.2 Å². The molecule has 1 unspecified atom stereocenters. The molecular formula is C12H21N3O2. The maximum Gasteiger partial charge on any atom is 0.354 e. The van der Waals surface area contributed by atoms with Crippen LogP contribution >= 0.6 is 0 Å². The lowest BCUT2D eigenvalue weighted by Gasteiger charge is -2.17. The van der Waals surface area contributed by atoms with Crippen molar-refractivity contribution in [3.05, 3.63) is 23.5 Å². The lowest BCUT2D eigenvalue weighted by molar-refractivity contribution is 0.0594. The van der Waals surface area contributed by atoms with E-state index in [0.717, 1.165) is 12.2 Å². The Kier molecular flexibility index (Phi) is 5.18. The first-order valence-corrected chi connectivity index (χ1v) is 5.67. The fraction of sp³-hybridized carbons (Fsp3) is 0.583. The number of hydrogen-bond acceptors (Lipinski definition) is 4. The zero-order valence-electron chi connectivity index (χ0n) is 10.9. The molecule has 0 spiro atoms. The number of likely N-dealkylation sites (N-methyl/N-ethyl adjacent to an activating group) is 1. The number of methoxy groups -OCH3 is 1. The number of ether oxygens (including phenoxy) is 1. The third kappa shape index (κ3) is 4.58. The second kappa shape index (κ2) is 6.42. The molecule has 1 rings (SSSR count). The first-order valence-electron chi connectivity index (χ1n) is 5.67. The predicted molar refractivity (Wildman–Crippen MR) is 67.0 cm³/mol. The monoisotopic (exact) mass is 239 g/mol. The van der Waals surface area contributed by atoms with E-state index in [0.29, 0.717) is 18.3 Å². The third-order valence-electron chi connectivity index (χ3n) is 2.43. The highest BCUT2D eigenvalue weighted by Gasteiger charge is 2.08. The number of esters is 1. The van der Waals surface area contributed by atoms with Crippen molar-refractivity contribution >= 4 is 5.97 Å². The zero-order chi connectivity index (χ0) is 12.8. The number of hydrogen-bond donors (Lipinski definition) is 2. The van der Waals surface area contributed by atoms with Gasteiger partial charge in [0.1, 0.15) is 5.69 Å². The molecule has 1 heterocycles. The smallest absolute Gasteiger partial charge is 0.354 e. The highest BCUT2D eigenvalue weighted by molar-refractivity contribution is 5.87. The minimum absolute atomic E-state index is 0.336. The molecule has 0 aromatic carbocycles. The van der Waals surface area contributed by atoms with Crippen LogP contribution in [0.2, 0.25) is 0 Å². The van der Waals surface area contributed by atoms with Crippen LogP contribution in [0.25, 0.3) is 0 Å². The van der Waals surface area contributed by atoms with Crippen molar-refractivity contribution in [2.45, 2.75) is 19.5 Å². The first kappa shape index (κ1) is 13.7. The minimum Gasteiger partial charge on any atom is -0.464 e. The molecular weight excluding hydrogens is 218 g/mol. The number of carbonyl (C=O) groups is 1. The molecule has 1 atom stereocenters. The van der Waals surface area contributed by atoms with Crippen LogP contribution < -0.4 is 5.32 Å². The summed E-state index contributed by atoms with van der Waals surface area (Å²) in [5.74, 6) is -0.336. The fourth-order valence-corrected chi connectivity index (χ4v) is 1.67. The largest absolute Gasteiger partial charge is 0.464 e. The highest BCUT2D eigenvalue weighted by Crippen LogP contribution is 2.03. The molecule has 17 heavy (non-hydrogen) atoms. The Hall–Kier alpha value is -1.33. The number of H-pyrrole nitrogens is 1. The van der Waals surface area contributed by atoms with E-state index in [-0.39, 0.29) is 5.97 Å². The minimum atomic E-state index is -0.336. The average Bonchev–Trinajstić information content (AvgIpc) is 2.73. The first-order chi connectivity index (χ1) is 8.02. The Morgan fingerprint density at radius 3 is 2.82 bits per heavy atom. The molecule has 0 saturated carbocycles. The van der Waals surface area contributed by atoms with Gasteiger partial charge in [0.15, 0.2) is 0 Å². The van der Waals surface area contributed by atoms with Crippen molar-refractivity contribution in [3.8, 4) is 0 Å². The van der Waals surface area contributed by atoms with Crippen molar-refractivity contribution in [1.29, 1.82) is 0 Å². The second-order valence-electron chi connectivity index (χ2n) is 4.43. The van der Waals surface area contributed by atoms with Crippen LogP contribution in [-0.4, -0.2) is 49.6 Å². The maximum atomic E-state index is 11.2. The average molecular weight is 239 g/mol. The van der Waals surface area contributed by atoms with E-state index in [1.807, 2.05) is 20.2 Å². The number of aromatic nitrogens is 1. The molecule has 1 aromatic heterocycles. The summed E-state index contributed by atoms with van der Waals surface area (Å²) in [6.45, 7) is 3.82. The van der Waals surface area contributed by atoms with E-state index in [4.69, 9.17) is 0 Å². The number of carbonyl (C=O) groups excluding carboxylic acids is 1. The second-order valence-corrected chi connectivity index (χ2v) is 4.43. The van der Waals surface area contributed by atoms with Gasteiger partial charge in [0.2, 0.25) is 0 Å². The molecule has 0 amide bonds. The summed E-state index contributed by atoms with van der Waals surface area (Å²) in [6.07, 6.45) is 0. The van der Waals surface area contributed by atoms with Crippen molar-refractivity contribution in [3.63, 3.8) is 0 Å². The summed E-state index contributed by atoms with van der Waals surface area (Å²) < 4.78 is 4.63. The molecule has 0 aliphatic rings. The van der Waals surface area contributed by atoms with Crippen molar-refractivity contribution in [2.75, 3.05) is 27.7 Å². The summed E-state index contributed by atoms with van der Waals surface area (Å²) >= 11 is 0. The van der Waals surface area contributed by atoms with Gasteiger partial charge in [-0.1, -0.05) is 0 Å². The van der Waals surface area contributed by atoms with E-state index in [1.165, 1.54) is 7.11 Å². The number of nitrogens with zero attached hydrogens (tertiary/aromatic N) is 1. The van der Waals surface area contributed by atoms with Crippen LogP contribution in [0.15, 0.2) is 12.1 Å². The fourth-order valence-electron chi connectivity index (χ4n) is 1.67. The molecule has 0 aliphatic heterocycles. The van der Waals surface area contributed by atoms with E-state index in [1.54, 1.807) is 6.07 Å². The molecule has 0 bridgehead atoms. The van der Waals surface area contributed by atoms with E-state index >= 15 is 0 Å².